The van der Waals surface area contributed by atoms with Gasteiger partial charge in [0.25, 0.3) is 0 Å². The van der Waals surface area contributed by atoms with Gasteiger partial charge < -0.3 is 8.98 Å². The van der Waals surface area contributed by atoms with Crippen LogP contribution in [0.2, 0.25) is 0 Å². The number of fused-ring (bicyclic) bond motifs is 8. The van der Waals surface area contributed by atoms with Gasteiger partial charge in [-0.25, -0.2) is 0 Å². The number of furan rings is 1. The van der Waals surface area contributed by atoms with E-state index in [1.807, 2.05) is 12.1 Å². The Morgan fingerprint density at radius 1 is 0.308 bits per heavy atom. The Kier molecular flexibility index (Phi) is 6.28. The first kappa shape index (κ1) is 28.9. The lowest BCUT2D eigenvalue weighted by atomic mass is 9.83. The Hall–Kier alpha value is -6.90. The standard InChI is InChI=1S/C50H31NO/c1-2-14-34(15-3-1)51-45-24-12-10-17-36(45)37-28-26-32(30-46(37)51)35-16-4-5-19-40(35)50-43-22-8-6-20-41(43)49(42-21-7-9-23-44(42)50)33-27-29-39-38-18-11-13-25-47(38)52-48(39)31-33/h1-31H. The van der Waals surface area contributed by atoms with Crippen LogP contribution in [0, 0.1) is 0 Å². The number of rotatable bonds is 4. The summed E-state index contributed by atoms with van der Waals surface area (Å²) < 4.78 is 8.78. The van der Waals surface area contributed by atoms with Crippen LogP contribution in [0.4, 0.5) is 0 Å². The van der Waals surface area contributed by atoms with Crippen molar-refractivity contribution in [1.82, 2.24) is 4.57 Å². The van der Waals surface area contributed by atoms with E-state index in [1.165, 1.54) is 71.2 Å². The van der Waals surface area contributed by atoms with Crippen LogP contribution in [0.15, 0.2) is 192 Å². The summed E-state index contributed by atoms with van der Waals surface area (Å²) in [6.07, 6.45) is 0. The van der Waals surface area contributed by atoms with Crippen LogP contribution < -0.4 is 0 Å². The zero-order chi connectivity index (χ0) is 34.2. The molecule has 52 heavy (non-hydrogen) atoms. The highest BCUT2D eigenvalue weighted by Crippen LogP contribution is 2.47. The average Bonchev–Trinajstić information content (AvgIpc) is 3.75. The number of para-hydroxylation sites is 3. The lowest BCUT2D eigenvalue weighted by Crippen LogP contribution is -1.94. The molecular weight excluding hydrogens is 631 g/mol. The number of benzene rings is 9. The van der Waals surface area contributed by atoms with E-state index in [1.54, 1.807) is 0 Å². The molecule has 0 saturated heterocycles. The SMILES string of the molecule is c1ccc(-n2c3ccccc3c3ccc(-c4ccccc4-c4c5ccccc5c(-c5ccc6c(c5)oc5ccccc56)c5ccccc45)cc32)cc1. The molecule has 0 atom stereocenters. The van der Waals surface area contributed by atoms with Gasteiger partial charge in [-0.05, 0) is 97.4 Å². The molecule has 0 bridgehead atoms. The monoisotopic (exact) mass is 661 g/mol. The van der Waals surface area contributed by atoms with E-state index in [-0.39, 0.29) is 0 Å². The van der Waals surface area contributed by atoms with Gasteiger partial charge >= 0.3 is 0 Å². The lowest BCUT2D eigenvalue weighted by molar-refractivity contribution is 0.669. The molecule has 0 amide bonds. The Morgan fingerprint density at radius 2 is 0.827 bits per heavy atom. The van der Waals surface area contributed by atoms with E-state index in [2.05, 4.69) is 180 Å². The summed E-state index contributed by atoms with van der Waals surface area (Å²) in [6.45, 7) is 0. The minimum absolute atomic E-state index is 0.907. The molecule has 0 radical (unpaired) electrons. The molecule has 2 heterocycles. The fourth-order valence-corrected chi connectivity index (χ4v) is 8.56. The second kappa shape index (κ2) is 11.3. The van der Waals surface area contributed by atoms with E-state index in [9.17, 15) is 0 Å². The molecule has 0 unspecified atom stereocenters. The van der Waals surface area contributed by atoms with Gasteiger partial charge in [0, 0.05) is 27.2 Å². The van der Waals surface area contributed by atoms with E-state index < -0.39 is 0 Å². The predicted octanol–water partition coefficient (Wildman–Crippen LogP) is 14.0. The van der Waals surface area contributed by atoms with Crippen molar-refractivity contribution in [3.63, 3.8) is 0 Å². The molecule has 2 nitrogen and oxygen atoms in total. The van der Waals surface area contributed by atoms with Crippen molar-refractivity contribution in [3.8, 4) is 39.1 Å². The van der Waals surface area contributed by atoms with E-state index >= 15 is 0 Å². The van der Waals surface area contributed by atoms with Gasteiger partial charge in [0.05, 0.1) is 11.0 Å². The van der Waals surface area contributed by atoms with Crippen molar-refractivity contribution in [2.75, 3.05) is 0 Å². The zero-order valence-electron chi connectivity index (χ0n) is 28.3. The van der Waals surface area contributed by atoms with E-state index in [4.69, 9.17) is 4.42 Å². The number of nitrogens with zero attached hydrogens (tertiary/aromatic N) is 1. The topological polar surface area (TPSA) is 18.1 Å². The Morgan fingerprint density at radius 3 is 1.58 bits per heavy atom. The maximum absolute atomic E-state index is 6.38. The quantitative estimate of drug-likeness (QED) is 0.172. The Labute approximate surface area is 300 Å². The Balaban J connectivity index is 1.17. The van der Waals surface area contributed by atoms with Gasteiger partial charge in [0.2, 0.25) is 0 Å². The van der Waals surface area contributed by atoms with Crippen molar-refractivity contribution in [2.24, 2.45) is 0 Å². The highest BCUT2D eigenvalue weighted by atomic mass is 16.3. The molecule has 0 aliphatic heterocycles. The summed E-state index contributed by atoms with van der Waals surface area (Å²) in [5.74, 6) is 0. The van der Waals surface area contributed by atoms with Crippen molar-refractivity contribution in [1.29, 1.82) is 0 Å². The molecule has 0 aliphatic rings. The van der Waals surface area contributed by atoms with Crippen LogP contribution in [0.3, 0.4) is 0 Å². The fourth-order valence-electron chi connectivity index (χ4n) is 8.56. The summed E-state index contributed by atoms with van der Waals surface area (Å²) >= 11 is 0. The van der Waals surface area contributed by atoms with Crippen molar-refractivity contribution >= 4 is 65.3 Å². The lowest BCUT2D eigenvalue weighted by Gasteiger charge is -2.20. The third kappa shape index (κ3) is 4.25. The first-order valence-corrected chi connectivity index (χ1v) is 17.9. The normalized spacial score (nSPS) is 11.8. The van der Waals surface area contributed by atoms with E-state index in [0.717, 1.165) is 33.2 Å². The van der Waals surface area contributed by atoms with Crippen molar-refractivity contribution in [2.45, 2.75) is 0 Å². The van der Waals surface area contributed by atoms with Gasteiger partial charge in [-0.2, -0.15) is 0 Å². The number of hydrogen-bond donors (Lipinski definition) is 0. The summed E-state index contributed by atoms with van der Waals surface area (Å²) in [6, 6.07) is 68.0. The molecular formula is C50H31NO. The van der Waals surface area contributed by atoms with Crippen molar-refractivity contribution in [3.05, 3.63) is 188 Å². The number of aromatic nitrogens is 1. The third-order valence-electron chi connectivity index (χ3n) is 10.8. The van der Waals surface area contributed by atoms with Gasteiger partial charge in [0.15, 0.2) is 0 Å². The first-order valence-electron chi connectivity index (χ1n) is 17.9. The maximum atomic E-state index is 6.38. The molecule has 11 aromatic rings. The van der Waals surface area contributed by atoms with Crippen LogP contribution in [-0.4, -0.2) is 4.57 Å². The molecule has 9 aromatic carbocycles. The molecule has 11 rings (SSSR count). The molecule has 0 aliphatic carbocycles. The molecule has 0 N–H and O–H groups in total. The molecule has 0 saturated carbocycles. The van der Waals surface area contributed by atoms with Gasteiger partial charge in [-0.15, -0.1) is 0 Å². The van der Waals surface area contributed by atoms with Crippen molar-refractivity contribution < 1.29 is 4.42 Å². The summed E-state index contributed by atoms with van der Waals surface area (Å²) in [7, 11) is 0. The maximum Gasteiger partial charge on any atom is 0.136 e. The van der Waals surface area contributed by atoms with Crippen LogP contribution in [0.25, 0.3) is 104 Å². The first-order chi connectivity index (χ1) is 25.8. The molecule has 2 aromatic heterocycles. The average molecular weight is 662 g/mol. The van der Waals surface area contributed by atoms with E-state index in [0.29, 0.717) is 0 Å². The summed E-state index contributed by atoms with van der Waals surface area (Å²) in [5.41, 5.74) is 12.6. The highest BCUT2D eigenvalue weighted by molar-refractivity contribution is 6.23. The van der Waals surface area contributed by atoms with Crippen LogP contribution >= 0.6 is 0 Å². The predicted molar refractivity (Wildman–Crippen MR) is 219 cm³/mol. The molecule has 0 spiro atoms. The minimum Gasteiger partial charge on any atom is -0.456 e. The third-order valence-corrected chi connectivity index (χ3v) is 10.8. The summed E-state index contributed by atoms with van der Waals surface area (Å²) in [4.78, 5) is 0. The number of hydrogen-bond acceptors (Lipinski definition) is 1. The largest absolute Gasteiger partial charge is 0.456 e. The second-order valence-electron chi connectivity index (χ2n) is 13.6. The molecule has 0 fully saturated rings. The molecule has 242 valence electrons. The smallest absolute Gasteiger partial charge is 0.136 e. The fraction of sp³-hybridized carbons (Fsp3) is 0. The van der Waals surface area contributed by atoms with Crippen LogP contribution in [0.1, 0.15) is 0 Å². The molecule has 2 heteroatoms. The van der Waals surface area contributed by atoms with Gasteiger partial charge in [-0.1, -0.05) is 146 Å². The zero-order valence-corrected chi connectivity index (χ0v) is 28.3. The van der Waals surface area contributed by atoms with Crippen LogP contribution in [-0.2, 0) is 0 Å². The van der Waals surface area contributed by atoms with Gasteiger partial charge in [0.1, 0.15) is 11.2 Å². The van der Waals surface area contributed by atoms with Gasteiger partial charge in [-0.3, -0.25) is 0 Å². The minimum atomic E-state index is 0.907. The Bertz CT molecular complexity index is 3120. The van der Waals surface area contributed by atoms with Crippen LogP contribution in [0.5, 0.6) is 0 Å². The highest BCUT2D eigenvalue weighted by Gasteiger charge is 2.20. The summed E-state index contributed by atoms with van der Waals surface area (Å²) in [5, 5.41) is 9.70. The second-order valence-corrected chi connectivity index (χ2v) is 13.6.